The normalized spacial score (nSPS) is 17.2. The molecule has 0 spiro atoms. The summed E-state index contributed by atoms with van der Waals surface area (Å²) < 4.78 is 5.62. The summed E-state index contributed by atoms with van der Waals surface area (Å²) in [7, 11) is 0. The second kappa shape index (κ2) is 8.40. The van der Waals surface area contributed by atoms with Crippen LogP contribution in [-0.4, -0.2) is 42.1 Å². The summed E-state index contributed by atoms with van der Waals surface area (Å²) in [6.07, 6.45) is 1.85. The van der Waals surface area contributed by atoms with Gasteiger partial charge in [0, 0.05) is 16.3 Å². The second-order valence-electron chi connectivity index (χ2n) is 6.13. The van der Waals surface area contributed by atoms with E-state index in [2.05, 4.69) is 5.32 Å². The number of carbonyl (C=O) groups is 3. The number of hydrogen-bond acceptors (Lipinski definition) is 6. The zero-order chi connectivity index (χ0) is 19.4. The summed E-state index contributed by atoms with van der Waals surface area (Å²) >= 11 is 2.76. The Labute approximate surface area is 164 Å². The van der Waals surface area contributed by atoms with E-state index in [0.717, 1.165) is 22.6 Å². The monoisotopic (exact) mass is 408 g/mol. The number of hydrogen-bond donors (Lipinski definition) is 3. The molecule has 144 valence electrons. The Bertz CT molecular complexity index is 834. The number of thiophene rings is 2. The molecule has 5 N–H and O–H groups in total. The molecule has 1 saturated heterocycles. The first-order valence-corrected chi connectivity index (χ1v) is 10.1. The van der Waals surface area contributed by atoms with Crippen molar-refractivity contribution in [2.24, 2.45) is 11.5 Å². The van der Waals surface area contributed by atoms with Crippen molar-refractivity contribution in [3.05, 3.63) is 28.5 Å². The lowest BCUT2D eigenvalue weighted by molar-refractivity contribution is 0.0247. The van der Waals surface area contributed by atoms with Gasteiger partial charge in [0.25, 0.3) is 0 Å². The molecule has 3 heterocycles. The standard InChI is InChI=1S/C17H20N4O4S2/c18-16(23)20-11-8-13(12-5-3-7-26-12)27-14(11)15(22)25-10-4-1-2-6-21(9-10)17(19)24/h3,5,7-8,10H,1-2,4,6,9H2,(H2,19,24)(H3,18,20,23). The molecular weight excluding hydrogens is 388 g/mol. The van der Waals surface area contributed by atoms with Crippen LogP contribution in [0.25, 0.3) is 9.75 Å². The van der Waals surface area contributed by atoms with Gasteiger partial charge < -0.3 is 26.4 Å². The number of carbonyl (C=O) groups excluding carboxylic acids is 3. The van der Waals surface area contributed by atoms with Crippen molar-refractivity contribution in [2.45, 2.75) is 25.4 Å². The zero-order valence-corrected chi connectivity index (χ0v) is 16.1. The molecule has 27 heavy (non-hydrogen) atoms. The van der Waals surface area contributed by atoms with E-state index < -0.39 is 24.1 Å². The van der Waals surface area contributed by atoms with Gasteiger partial charge in [0.15, 0.2) is 0 Å². The molecule has 3 rings (SSSR count). The molecule has 10 heteroatoms. The topological polar surface area (TPSA) is 128 Å². The van der Waals surface area contributed by atoms with Gasteiger partial charge in [0.2, 0.25) is 0 Å². The van der Waals surface area contributed by atoms with Gasteiger partial charge >= 0.3 is 18.0 Å². The lowest BCUT2D eigenvalue weighted by Crippen LogP contribution is -2.41. The summed E-state index contributed by atoms with van der Waals surface area (Å²) in [6, 6.07) is 4.26. The van der Waals surface area contributed by atoms with Gasteiger partial charge in [-0.3, -0.25) is 0 Å². The van der Waals surface area contributed by atoms with Gasteiger partial charge in [-0.1, -0.05) is 6.07 Å². The molecule has 0 saturated carbocycles. The van der Waals surface area contributed by atoms with Crippen LogP contribution < -0.4 is 16.8 Å². The number of anilines is 1. The minimum atomic E-state index is -0.756. The van der Waals surface area contributed by atoms with E-state index in [1.807, 2.05) is 17.5 Å². The number of amides is 4. The Morgan fingerprint density at radius 3 is 2.70 bits per heavy atom. The van der Waals surface area contributed by atoms with Crippen molar-refractivity contribution in [1.29, 1.82) is 0 Å². The van der Waals surface area contributed by atoms with Crippen LogP contribution in [0.4, 0.5) is 15.3 Å². The largest absolute Gasteiger partial charge is 0.456 e. The number of likely N-dealkylation sites (tertiary alicyclic amines) is 1. The Balaban J connectivity index is 1.80. The van der Waals surface area contributed by atoms with E-state index in [1.54, 1.807) is 6.07 Å². The molecule has 1 fully saturated rings. The fourth-order valence-electron chi connectivity index (χ4n) is 2.91. The maximum Gasteiger partial charge on any atom is 0.350 e. The summed E-state index contributed by atoms with van der Waals surface area (Å²) in [6.45, 7) is 0.822. The minimum Gasteiger partial charge on any atom is -0.456 e. The van der Waals surface area contributed by atoms with Crippen LogP contribution in [0.2, 0.25) is 0 Å². The van der Waals surface area contributed by atoms with Crippen molar-refractivity contribution in [2.75, 3.05) is 18.4 Å². The van der Waals surface area contributed by atoms with Crippen molar-refractivity contribution < 1.29 is 19.1 Å². The molecule has 0 aromatic carbocycles. The number of nitrogens with zero attached hydrogens (tertiary/aromatic N) is 1. The van der Waals surface area contributed by atoms with Crippen LogP contribution in [0.1, 0.15) is 28.9 Å². The molecule has 0 radical (unpaired) electrons. The van der Waals surface area contributed by atoms with Gasteiger partial charge in [-0.15, -0.1) is 22.7 Å². The highest BCUT2D eigenvalue weighted by atomic mass is 32.1. The summed E-state index contributed by atoms with van der Waals surface area (Å²) in [5, 5.41) is 4.41. The van der Waals surface area contributed by atoms with Crippen molar-refractivity contribution in [3.8, 4) is 9.75 Å². The van der Waals surface area contributed by atoms with Crippen molar-refractivity contribution in [3.63, 3.8) is 0 Å². The van der Waals surface area contributed by atoms with Crippen molar-refractivity contribution >= 4 is 46.4 Å². The van der Waals surface area contributed by atoms with Crippen LogP contribution in [0.3, 0.4) is 0 Å². The Hall–Kier alpha value is -2.59. The van der Waals surface area contributed by atoms with Gasteiger partial charge in [0.1, 0.15) is 11.0 Å². The maximum atomic E-state index is 12.8. The third-order valence-corrected chi connectivity index (χ3v) is 6.33. The summed E-state index contributed by atoms with van der Waals surface area (Å²) in [5.74, 6) is -0.553. The van der Waals surface area contributed by atoms with E-state index in [1.165, 1.54) is 27.6 Å². The molecule has 4 amide bonds. The van der Waals surface area contributed by atoms with Gasteiger partial charge in [0.05, 0.1) is 12.2 Å². The van der Waals surface area contributed by atoms with E-state index in [-0.39, 0.29) is 11.4 Å². The quantitative estimate of drug-likeness (QED) is 0.672. The first-order valence-electron chi connectivity index (χ1n) is 8.43. The molecule has 2 aromatic rings. The molecule has 1 atom stereocenters. The third kappa shape index (κ3) is 4.77. The minimum absolute atomic E-state index is 0.267. The van der Waals surface area contributed by atoms with E-state index in [9.17, 15) is 14.4 Å². The molecule has 0 bridgehead atoms. The van der Waals surface area contributed by atoms with Crippen LogP contribution in [-0.2, 0) is 4.74 Å². The van der Waals surface area contributed by atoms with Crippen LogP contribution in [0.5, 0.6) is 0 Å². The SMILES string of the molecule is NC(=O)Nc1cc(-c2cccs2)sc1C(=O)OC1CCCCN(C(N)=O)C1. The first kappa shape index (κ1) is 19.2. The maximum absolute atomic E-state index is 12.8. The predicted octanol–water partition coefficient (Wildman–Crippen LogP) is 3.06. The zero-order valence-electron chi connectivity index (χ0n) is 14.5. The molecule has 1 aliphatic heterocycles. The average molecular weight is 409 g/mol. The highest BCUT2D eigenvalue weighted by molar-refractivity contribution is 7.22. The van der Waals surface area contributed by atoms with E-state index in [4.69, 9.17) is 16.2 Å². The fourth-order valence-corrected chi connectivity index (χ4v) is 4.73. The Morgan fingerprint density at radius 1 is 1.22 bits per heavy atom. The van der Waals surface area contributed by atoms with Crippen LogP contribution >= 0.6 is 22.7 Å². The highest BCUT2D eigenvalue weighted by Crippen LogP contribution is 2.37. The number of nitrogens with two attached hydrogens (primary N) is 2. The molecule has 2 aromatic heterocycles. The molecule has 0 aliphatic carbocycles. The molecular formula is C17H20N4O4S2. The number of urea groups is 2. The number of rotatable bonds is 4. The average Bonchev–Trinajstić information content (AvgIpc) is 3.20. The van der Waals surface area contributed by atoms with Crippen LogP contribution in [0.15, 0.2) is 23.6 Å². The fraction of sp³-hybridized carbons (Fsp3) is 0.353. The van der Waals surface area contributed by atoms with Gasteiger partial charge in [-0.25, -0.2) is 14.4 Å². The van der Waals surface area contributed by atoms with E-state index >= 15 is 0 Å². The molecule has 1 aliphatic rings. The Kier molecular flexibility index (Phi) is 5.97. The highest BCUT2D eigenvalue weighted by Gasteiger charge is 2.26. The van der Waals surface area contributed by atoms with Gasteiger partial charge in [-0.05, 0) is 36.8 Å². The molecule has 1 unspecified atom stereocenters. The summed E-state index contributed by atoms with van der Waals surface area (Å²) in [5.41, 5.74) is 10.9. The van der Waals surface area contributed by atoms with Crippen LogP contribution in [0, 0.1) is 0 Å². The number of esters is 1. The van der Waals surface area contributed by atoms with Gasteiger partial charge in [-0.2, -0.15) is 0 Å². The Morgan fingerprint density at radius 2 is 2.04 bits per heavy atom. The smallest absolute Gasteiger partial charge is 0.350 e. The second-order valence-corrected chi connectivity index (χ2v) is 8.13. The third-order valence-electron chi connectivity index (χ3n) is 4.15. The predicted molar refractivity (Wildman–Crippen MR) is 105 cm³/mol. The molecule has 8 nitrogen and oxygen atoms in total. The number of primary amides is 2. The lowest BCUT2D eigenvalue weighted by Gasteiger charge is -2.22. The lowest BCUT2D eigenvalue weighted by atomic mass is 10.2. The number of nitrogens with one attached hydrogen (secondary N) is 1. The van der Waals surface area contributed by atoms with Crippen molar-refractivity contribution in [1.82, 2.24) is 4.90 Å². The summed E-state index contributed by atoms with van der Waals surface area (Å²) in [4.78, 5) is 39.1. The number of ether oxygens (including phenoxy) is 1. The first-order chi connectivity index (χ1) is 12.9. The van der Waals surface area contributed by atoms with E-state index in [0.29, 0.717) is 18.7 Å².